The Labute approximate surface area is 277 Å². The van der Waals surface area contributed by atoms with Crippen LogP contribution in [0.3, 0.4) is 0 Å². The minimum absolute atomic E-state index is 0.0238. The van der Waals surface area contributed by atoms with Crippen LogP contribution in [0.5, 0.6) is 11.8 Å². The number of aromatic nitrogens is 2. The molecule has 1 saturated carbocycles. The number of rotatable bonds is 8. The Balaban J connectivity index is 1.22. The zero-order valence-corrected chi connectivity index (χ0v) is 26.9. The van der Waals surface area contributed by atoms with Gasteiger partial charge in [-0.1, -0.05) is 12.0 Å². The van der Waals surface area contributed by atoms with Crippen molar-refractivity contribution in [2.24, 2.45) is 5.41 Å². The smallest absolute Gasteiger partial charge is 0.319 e. The highest BCUT2D eigenvalue weighted by atomic mass is 19.1. The lowest BCUT2D eigenvalue weighted by Crippen LogP contribution is -2.51. The van der Waals surface area contributed by atoms with Gasteiger partial charge in [-0.15, -0.1) is 6.42 Å². The number of ether oxygens (including phenoxy) is 2. The quantitative estimate of drug-likeness (QED) is 0.232. The maximum absolute atomic E-state index is 16.9. The van der Waals surface area contributed by atoms with Gasteiger partial charge in [0.25, 0.3) is 0 Å². The molecule has 3 aromatic carbocycles. The molecule has 3 saturated heterocycles. The minimum atomic E-state index is -0.962. The van der Waals surface area contributed by atoms with Crippen molar-refractivity contribution in [2.75, 3.05) is 51.3 Å². The van der Waals surface area contributed by atoms with Crippen LogP contribution >= 0.6 is 0 Å². The second-order valence-corrected chi connectivity index (χ2v) is 14.0. The largest absolute Gasteiger partial charge is 0.508 e. The Morgan fingerprint density at radius 1 is 1.04 bits per heavy atom. The average molecular weight is 658 g/mol. The van der Waals surface area contributed by atoms with E-state index < -0.39 is 23.0 Å². The number of nitrogens with one attached hydrogen (secondary N) is 1. The molecule has 2 unspecified atom stereocenters. The van der Waals surface area contributed by atoms with E-state index in [0.29, 0.717) is 30.9 Å². The molecule has 250 valence electrons. The predicted octanol–water partition coefficient (Wildman–Crippen LogP) is 5.76. The first-order valence-electron chi connectivity index (χ1n) is 16.7. The number of benzene rings is 3. The predicted molar refractivity (Wildman–Crippen MR) is 178 cm³/mol. The topological polar surface area (TPSA) is 83.0 Å². The molecule has 48 heavy (non-hydrogen) atoms. The number of nitrogens with zero attached hydrogens (tertiary/aromatic N) is 4. The van der Waals surface area contributed by atoms with Gasteiger partial charge in [0.05, 0.1) is 23.8 Å². The van der Waals surface area contributed by atoms with Crippen LogP contribution in [0.4, 0.5) is 19.0 Å². The van der Waals surface area contributed by atoms with Crippen LogP contribution in [0.1, 0.15) is 44.1 Å². The average Bonchev–Trinajstić information content (AvgIpc) is 3.76. The van der Waals surface area contributed by atoms with Crippen LogP contribution < -0.4 is 15.0 Å². The van der Waals surface area contributed by atoms with Crippen molar-refractivity contribution in [3.8, 4) is 35.2 Å². The minimum Gasteiger partial charge on any atom is -0.508 e. The molecule has 4 aliphatic rings. The Morgan fingerprint density at radius 2 is 1.83 bits per heavy atom. The zero-order valence-electron chi connectivity index (χ0n) is 26.9. The molecular formula is C37H38F3N5O3. The molecule has 2 N–H and O–H groups in total. The summed E-state index contributed by atoms with van der Waals surface area (Å²) in [5, 5.41) is 14.8. The van der Waals surface area contributed by atoms with E-state index in [1.807, 2.05) is 0 Å². The number of anilines is 1. The van der Waals surface area contributed by atoms with Crippen molar-refractivity contribution >= 4 is 27.5 Å². The van der Waals surface area contributed by atoms with E-state index in [1.54, 1.807) is 7.11 Å². The van der Waals surface area contributed by atoms with Crippen molar-refractivity contribution < 1.29 is 27.8 Å². The summed E-state index contributed by atoms with van der Waals surface area (Å²) >= 11 is 0. The lowest BCUT2D eigenvalue weighted by molar-refractivity contribution is 0.0200. The van der Waals surface area contributed by atoms with Crippen molar-refractivity contribution in [3.05, 3.63) is 53.3 Å². The number of piperidine rings is 1. The summed E-state index contributed by atoms with van der Waals surface area (Å²) in [6.07, 6.45) is 12.1. The van der Waals surface area contributed by atoms with E-state index >= 15 is 8.78 Å². The van der Waals surface area contributed by atoms with Crippen LogP contribution in [0.25, 0.3) is 32.8 Å². The molecule has 4 heterocycles. The number of phenolic OH excluding ortho intramolecular Hbond substituents is 1. The summed E-state index contributed by atoms with van der Waals surface area (Å²) in [6.45, 7) is 4.41. The Hall–Kier alpha value is -4.11. The third kappa shape index (κ3) is 5.59. The third-order valence-corrected chi connectivity index (χ3v) is 10.6. The number of hydrogen-bond acceptors (Lipinski definition) is 8. The lowest BCUT2D eigenvalue weighted by Gasteiger charge is -2.35. The molecule has 2 bridgehead atoms. The monoisotopic (exact) mass is 657 g/mol. The second kappa shape index (κ2) is 12.1. The standard InChI is InChI=1S/C37H38F3N5O3/c1-3-26-29(38)9-6-21-13-24(46)14-27(31(21)26)32-30(39)15-28-34(33(32)40)42-36(43-35(28)45-16-22-7-8-23(17-45)41-22)48-20-37(10-11-37)19-44-12-4-5-25(18-44)47-2/h1,6,9,13-15,22-23,25,41,46H,4-5,7-8,10-12,16-20H2,2H3/t22?,23?,25-/m1/s1. The summed E-state index contributed by atoms with van der Waals surface area (Å²) in [6, 6.07) is 6.93. The molecule has 11 heteroatoms. The molecule has 1 aromatic heterocycles. The molecule has 0 amide bonds. The summed E-state index contributed by atoms with van der Waals surface area (Å²) < 4.78 is 60.0. The maximum atomic E-state index is 16.9. The van der Waals surface area contributed by atoms with Crippen LogP contribution in [-0.4, -0.2) is 84.6 Å². The molecule has 0 spiro atoms. The molecule has 8 nitrogen and oxygen atoms in total. The third-order valence-electron chi connectivity index (χ3n) is 10.6. The van der Waals surface area contributed by atoms with Crippen molar-refractivity contribution in [3.63, 3.8) is 0 Å². The van der Waals surface area contributed by atoms with Gasteiger partial charge in [0.1, 0.15) is 28.7 Å². The van der Waals surface area contributed by atoms with Crippen LogP contribution in [-0.2, 0) is 4.74 Å². The molecular weight excluding hydrogens is 619 g/mol. The highest BCUT2D eigenvalue weighted by Gasteiger charge is 2.46. The highest BCUT2D eigenvalue weighted by Crippen LogP contribution is 2.47. The van der Waals surface area contributed by atoms with Crippen LogP contribution in [0.15, 0.2) is 30.3 Å². The normalized spacial score (nSPS) is 23.5. The summed E-state index contributed by atoms with van der Waals surface area (Å²) in [7, 11) is 1.76. The fourth-order valence-corrected chi connectivity index (χ4v) is 8.01. The maximum Gasteiger partial charge on any atom is 0.319 e. The van der Waals surface area contributed by atoms with Gasteiger partial charge in [0, 0.05) is 67.1 Å². The number of likely N-dealkylation sites (tertiary alicyclic amines) is 1. The zero-order chi connectivity index (χ0) is 33.2. The fraction of sp³-hybridized carbons (Fsp3) is 0.459. The van der Waals surface area contributed by atoms with Crippen molar-refractivity contribution in [2.45, 2.75) is 56.7 Å². The summed E-state index contributed by atoms with van der Waals surface area (Å²) in [5.41, 5.74) is -0.838. The number of hydrogen-bond donors (Lipinski definition) is 2. The number of fused-ring (bicyclic) bond motifs is 4. The Morgan fingerprint density at radius 3 is 2.56 bits per heavy atom. The van der Waals surface area contributed by atoms with Gasteiger partial charge in [-0.05, 0) is 74.7 Å². The van der Waals surface area contributed by atoms with E-state index in [-0.39, 0.29) is 62.8 Å². The molecule has 8 rings (SSSR count). The van der Waals surface area contributed by atoms with Gasteiger partial charge < -0.3 is 29.7 Å². The second-order valence-electron chi connectivity index (χ2n) is 14.0. The summed E-state index contributed by atoms with van der Waals surface area (Å²) in [4.78, 5) is 13.8. The highest BCUT2D eigenvalue weighted by molar-refractivity contribution is 6.04. The molecule has 4 aromatic rings. The Kier molecular flexibility index (Phi) is 7.85. The van der Waals surface area contributed by atoms with Gasteiger partial charge in [-0.25, -0.2) is 13.2 Å². The van der Waals surface area contributed by atoms with Crippen LogP contribution in [0, 0.1) is 35.2 Å². The number of methoxy groups -OCH3 is 1. The molecule has 3 aliphatic heterocycles. The lowest BCUT2D eigenvalue weighted by atomic mass is 9.92. The number of halogens is 3. The van der Waals surface area contributed by atoms with Gasteiger partial charge in [0.2, 0.25) is 0 Å². The SMILES string of the molecule is C#Cc1c(F)ccc2cc(O)cc(-c3c(F)cc4c(N5CC6CCC(C5)N6)nc(OCC5(CN6CCC[C@@H](OC)C6)CC5)nc4c3F)c12. The number of piperazine rings is 1. The van der Waals surface area contributed by atoms with Crippen molar-refractivity contribution in [1.82, 2.24) is 20.2 Å². The van der Waals surface area contributed by atoms with Gasteiger partial charge in [0.15, 0.2) is 5.82 Å². The van der Waals surface area contributed by atoms with Gasteiger partial charge in [-0.2, -0.15) is 9.97 Å². The fourth-order valence-electron chi connectivity index (χ4n) is 8.01. The van der Waals surface area contributed by atoms with E-state index in [4.69, 9.17) is 20.9 Å². The first kappa shape index (κ1) is 31.2. The van der Waals surface area contributed by atoms with Gasteiger partial charge >= 0.3 is 6.01 Å². The van der Waals surface area contributed by atoms with E-state index in [2.05, 4.69) is 26.0 Å². The molecule has 0 radical (unpaired) electrons. The first-order chi connectivity index (χ1) is 23.2. The van der Waals surface area contributed by atoms with Crippen LogP contribution in [0.2, 0.25) is 0 Å². The van der Waals surface area contributed by atoms with Gasteiger partial charge in [-0.3, -0.25) is 0 Å². The first-order valence-corrected chi connectivity index (χ1v) is 16.7. The molecule has 3 atom stereocenters. The Bertz CT molecular complexity index is 1950. The molecule has 4 fully saturated rings. The van der Waals surface area contributed by atoms with E-state index in [0.717, 1.165) is 58.2 Å². The number of phenols is 1. The number of terminal acetylenes is 1. The van der Waals surface area contributed by atoms with E-state index in [1.165, 1.54) is 30.3 Å². The van der Waals surface area contributed by atoms with Crippen molar-refractivity contribution in [1.29, 1.82) is 0 Å². The summed E-state index contributed by atoms with van der Waals surface area (Å²) in [5.74, 6) is -0.0723. The van der Waals surface area contributed by atoms with E-state index in [9.17, 15) is 9.50 Å². The molecule has 1 aliphatic carbocycles. The number of aromatic hydroxyl groups is 1.